The Balaban J connectivity index is 1.22. The van der Waals surface area contributed by atoms with E-state index in [1.807, 2.05) is 13.8 Å². The van der Waals surface area contributed by atoms with Crippen LogP contribution in [-0.2, 0) is 19.1 Å². The minimum Gasteiger partial charge on any atom is -0.461 e. The van der Waals surface area contributed by atoms with E-state index in [1.54, 1.807) is 0 Å². The smallest absolute Gasteiger partial charge is 0.312 e. The normalized spacial score (nSPS) is 48.2. The number of ether oxygens (including phenoxy) is 2. The van der Waals surface area contributed by atoms with Gasteiger partial charge in [0, 0.05) is 11.8 Å². The lowest BCUT2D eigenvalue weighted by Crippen LogP contribution is -2.63. The van der Waals surface area contributed by atoms with Gasteiger partial charge in [-0.2, -0.15) is 0 Å². The topological polar surface area (TPSA) is 52.6 Å². The van der Waals surface area contributed by atoms with Crippen LogP contribution < -0.4 is 0 Å². The van der Waals surface area contributed by atoms with Crippen molar-refractivity contribution in [2.45, 2.75) is 97.0 Å². The molecule has 178 valence electrons. The lowest BCUT2D eigenvalue weighted by Gasteiger charge is -2.60. The van der Waals surface area contributed by atoms with Crippen LogP contribution in [0, 0.1) is 58.7 Å². The van der Waals surface area contributed by atoms with E-state index in [-0.39, 0.29) is 17.9 Å². The number of esters is 2. The van der Waals surface area contributed by atoms with E-state index >= 15 is 0 Å². The lowest BCUT2D eigenvalue weighted by molar-refractivity contribution is -0.234. The zero-order valence-electron chi connectivity index (χ0n) is 20.3. The quantitative estimate of drug-likeness (QED) is 0.490. The first kappa shape index (κ1) is 21.5. The Morgan fingerprint density at radius 2 is 1.25 bits per heavy atom. The van der Waals surface area contributed by atoms with Gasteiger partial charge in [0.05, 0.1) is 11.3 Å². The molecule has 8 aliphatic rings. The van der Waals surface area contributed by atoms with Crippen LogP contribution in [0.25, 0.3) is 0 Å². The average Bonchev–Trinajstić information content (AvgIpc) is 2.74. The summed E-state index contributed by atoms with van der Waals surface area (Å²) in [5.74, 6) is 5.10. The van der Waals surface area contributed by atoms with Crippen LogP contribution in [0.3, 0.4) is 0 Å². The first-order chi connectivity index (χ1) is 15.3. The van der Waals surface area contributed by atoms with Crippen molar-refractivity contribution in [2.75, 3.05) is 6.61 Å². The number of rotatable bonds is 6. The molecule has 32 heavy (non-hydrogen) atoms. The monoisotopic (exact) mass is 442 g/mol. The highest BCUT2D eigenvalue weighted by molar-refractivity contribution is 5.77. The maximum Gasteiger partial charge on any atom is 0.312 e. The van der Waals surface area contributed by atoms with Crippen molar-refractivity contribution in [2.24, 2.45) is 58.7 Å². The summed E-state index contributed by atoms with van der Waals surface area (Å²) in [7, 11) is 0. The second kappa shape index (κ2) is 7.47. The van der Waals surface area contributed by atoms with Gasteiger partial charge in [-0.3, -0.25) is 9.59 Å². The van der Waals surface area contributed by atoms with E-state index in [1.165, 1.54) is 38.5 Å². The summed E-state index contributed by atoms with van der Waals surface area (Å²) in [5.41, 5.74) is -1.08. The summed E-state index contributed by atoms with van der Waals surface area (Å²) < 4.78 is 12.7. The summed E-state index contributed by atoms with van der Waals surface area (Å²) in [6.45, 7) is 6.32. The Kier molecular flexibility index (Phi) is 5.01. The average molecular weight is 443 g/mol. The van der Waals surface area contributed by atoms with Crippen molar-refractivity contribution in [1.82, 2.24) is 0 Å². The lowest BCUT2D eigenvalue weighted by atomic mass is 9.50. The van der Waals surface area contributed by atoms with Gasteiger partial charge in [0.15, 0.2) is 5.60 Å². The molecule has 0 aromatic heterocycles. The third-order valence-electron chi connectivity index (χ3n) is 11.2. The van der Waals surface area contributed by atoms with Gasteiger partial charge in [0.1, 0.15) is 6.61 Å². The largest absolute Gasteiger partial charge is 0.461 e. The van der Waals surface area contributed by atoms with E-state index in [4.69, 9.17) is 9.47 Å². The molecule has 8 fully saturated rings. The summed E-state index contributed by atoms with van der Waals surface area (Å²) in [6.07, 6.45) is 13.0. The number of hydrogen-bond acceptors (Lipinski definition) is 4. The molecule has 0 heterocycles. The van der Waals surface area contributed by atoms with Gasteiger partial charge >= 0.3 is 11.9 Å². The Morgan fingerprint density at radius 3 is 1.72 bits per heavy atom. The first-order valence-electron chi connectivity index (χ1n) is 13.7. The highest BCUT2D eigenvalue weighted by atomic mass is 16.6. The third kappa shape index (κ3) is 3.28. The fraction of sp³-hybridized carbons (Fsp3) is 0.929. The van der Waals surface area contributed by atoms with Crippen LogP contribution in [0.1, 0.15) is 91.4 Å². The van der Waals surface area contributed by atoms with Gasteiger partial charge in [-0.25, -0.2) is 0 Å². The molecule has 0 atom stereocenters. The maximum atomic E-state index is 13.5. The molecule has 4 heteroatoms. The molecule has 0 amide bonds. The van der Waals surface area contributed by atoms with Crippen LogP contribution in [-0.4, -0.2) is 24.1 Å². The maximum absolute atomic E-state index is 13.5. The highest BCUT2D eigenvalue weighted by Gasteiger charge is 2.61. The van der Waals surface area contributed by atoms with Crippen molar-refractivity contribution >= 4 is 11.9 Å². The zero-order valence-corrected chi connectivity index (χ0v) is 20.3. The minimum absolute atomic E-state index is 0.0257. The van der Waals surface area contributed by atoms with Crippen molar-refractivity contribution in [1.29, 1.82) is 0 Å². The molecule has 0 saturated heterocycles. The van der Waals surface area contributed by atoms with Crippen LogP contribution in [0.5, 0.6) is 0 Å². The molecule has 8 saturated carbocycles. The molecular formula is C28H42O4. The van der Waals surface area contributed by atoms with Gasteiger partial charge in [-0.1, -0.05) is 6.92 Å². The Bertz CT molecular complexity index is 726. The second-order valence-corrected chi connectivity index (χ2v) is 13.5. The summed E-state index contributed by atoms with van der Waals surface area (Å²) in [4.78, 5) is 26.8. The summed E-state index contributed by atoms with van der Waals surface area (Å²) >= 11 is 0. The fourth-order valence-corrected chi connectivity index (χ4v) is 9.46. The molecule has 4 nitrogen and oxygen atoms in total. The van der Waals surface area contributed by atoms with E-state index in [0.29, 0.717) is 30.3 Å². The van der Waals surface area contributed by atoms with Crippen molar-refractivity contribution in [3.63, 3.8) is 0 Å². The highest BCUT2D eigenvalue weighted by Crippen LogP contribution is 2.61. The Hall–Kier alpha value is -1.06. The first-order valence-corrected chi connectivity index (χ1v) is 13.7. The molecule has 0 aromatic carbocycles. The van der Waals surface area contributed by atoms with Crippen molar-refractivity contribution in [3.05, 3.63) is 0 Å². The van der Waals surface area contributed by atoms with E-state index in [2.05, 4.69) is 6.92 Å². The predicted molar refractivity (Wildman–Crippen MR) is 121 cm³/mol. The van der Waals surface area contributed by atoms with E-state index in [9.17, 15) is 9.59 Å². The molecule has 8 rings (SSSR count). The van der Waals surface area contributed by atoms with Crippen molar-refractivity contribution < 1.29 is 19.1 Å². The SMILES string of the molecule is CCC(C)(C)C(=O)OC1(COC(=O)C2C3CC4CC(C3)CC2C4)C2CC3CC(C2)CC1C3. The predicted octanol–water partition coefficient (Wildman–Crippen LogP) is 5.78. The number of hydrogen-bond donors (Lipinski definition) is 0. The third-order valence-corrected chi connectivity index (χ3v) is 11.2. The molecule has 0 aliphatic heterocycles. The van der Waals surface area contributed by atoms with Crippen LogP contribution in [0.4, 0.5) is 0 Å². The fourth-order valence-electron chi connectivity index (χ4n) is 9.46. The Labute approximate surface area is 193 Å². The molecule has 0 aromatic rings. The number of carbonyl (C=O) groups excluding carboxylic acids is 2. The van der Waals surface area contributed by atoms with Crippen LogP contribution >= 0.6 is 0 Å². The molecule has 0 radical (unpaired) electrons. The molecule has 0 spiro atoms. The van der Waals surface area contributed by atoms with Gasteiger partial charge in [0.25, 0.3) is 0 Å². The van der Waals surface area contributed by atoms with Crippen LogP contribution in [0.15, 0.2) is 0 Å². The molecule has 8 bridgehead atoms. The summed E-state index contributed by atoms with van der Waals surface area (Å²) in [5, 5.41) is 0. The molecule has 0 N–H and O–H groups in total. The minimum atomic E-state index is -0.585. The number of carbonyl (C=O) groups is 2. The second-order valence-electron chi connectivity index (χ2n) is 13.5. The van der Waals surface area contributed by atoms with Crippen LogP contribution in [0.2, 0.25) is 0 Å². The molecule has 0 unspecified atom stereocenters. The summed E-state index contributed by atoms with van der Waals surface area (Å²) in [6, 6.07) is 0. The standard InChI is InChI=1S/C28H42O4/c1-4-27(2,3)26(30)32-28(22-11-18-6-19(13-22)14-23(28)12-18)15-31-25(29)24-20-7-16-5-17(9-20)10-21(24)8-16/h16-24H,4-15H2,1-3H3. The van der Waals surface area contributed by atoms with Gasteiger partial charge in [-0.05, 0) is 120 Å². The van der Waals surface area contributed by atoms with E-state index in [0.717, 1.165) is 55.8 Å². The molecular weight excluding hydrogens is 400 g/mol. The van der Waals surface area contributed by atoms with Gasteiger partial charge in [-0.15, -0.1) is 0 Å². The zero-order chi connectivity index (χ0) is 22.3. The van der Waals surface area contributed by atoms with Gasteiger partial charge in [0.2, 0.25) is 0 Å². The Morgan fingerprint density at radius 1 is 0.781 bits per heavy atom. The van der Waals surface area contributed by atoms with Crippen molar-refractivity contribution in [3.8, 4) is 0 Å². The van der Waals surface area contributed by atoms with E-state index < -0.39 is 11.0 Å². The van der Waals surface area contributed by atoms with Gasteiger partial charge < -0.3 is 9.47 Å². The molecule has 8 aliphatic carbocycles.